The van der Waals surface area contributed by atoms with Crippen molar-refractivity contribution < 1.29 is 19.1 Å². The summed E-state index contributed by atoms with van der Waals surface area (Å²) in [6, 6.07) is 0. The van der Waals surface area contributed by atoms with E-state index in [4.69, 9.17) is 9.47 Å². The van der Waals surface area contributed by atoms with E-state index in [9.17, 15) is 9.59 Å². The van der Waals surface area contributed by atoms with E-state index in [1.165, 1.54) is 14.2 Å². The monoisotopic (exact) mass is 314 g/mol. The van der Waals surface area contributed by atoms with Gasteiger partial charge in [-0.15, -0.1) is 0 Å². The van der Waals surface area contributed by atoms with Crippen LogP contribution in [0.1, 0.15) is 67.7 Å². The van der Waals surface area contributed by atoms with Crippen LogP contribution in [0.4, 0.5) is 0 Å². The number of ether oxygens (including phenoxy) is 2. The van der Waals surface area contributed by atoms with Crippen LogP contribution in [0.5, 0.6) is 0 Å². The topological polar surface area (TPSA) is 52.6 Å². The summed E-state index contributed by atoms with van der Waals surface area (Å²) in [5, 5.41) is 0. The minimum Gasteiger partial charge on any atom is -0.469 e. The summed E-state index contributed by atoms with van der Waals surface area (Å²) in [5.74, 6) is -0.856. The van der Waals surface area contributed by atoms with Crippen molar-refractivity contribution in [2.75, 3.05) is 14.2 Å². The van der Waals surface area contributed by atoms with Crippen LogP contribution < -0.4 is 0 Å². The molecule has 1 unspecified atom stereocenters. The van der Waals surface area contributed by atoms with Gasteiger partial charge in [0.05, 0.1) is 25.6 Å². The van der Waals surface area contributed by atoms with E-state index in [2.05, 4.69) is 34.6 Å². The third kappa shape index (κ3) is 7.28. The molecular weight excluding hydrogens is 280 g/mol. The Balaban J connectivity index is 5.16. The molecule has 0 aliphatic carbocycles. The van der Waals surface area contributed by atoms with E-state index in [1.807, 2.05) is 13.8 Å². The number of carbonyl (C=O) groups is 2. The van der Waals surface area contributed by atoms with Gasteiger partial charge in [0.1, 0.15) is 0 Å². The second-order valence-corrected chi connectivity index (χ2v) is 8.91. The van der Waals surface area contributed by atoms with Gasteiger partial charge in [-0.05, 0) is 43.9 Å². The molecule has 0 fully saturated rings. The lowest BCUT2D eigenvalue weighted by Crippen LogP contribution is -2.34. The summed E-state index contributed by atoms with van der Waals surface area (Å²) < 4.78 is 9.81. The number of hydrogen-bond acceptors (Lipinski definition) is 4. The third-order valence-electron chi connectivity index (χ3n) is 3.84. The van der Waals surface area contributed by atoms with Crippen molar-refractivity contribution in [3.63, 3.8) is 0 Å². The van der Waals surface area contributed by atoms with Crippen LogP contribution in [0, 0.1) is 22.2 Å². The van der Waals surface area contributed by atoms with Gasteiger partial charge < -0.3 is 9.47 Å². The Morgan fingerprint density at radius 2 is 1.36 bits per heavy atom. The Labute approximate surface area is 135 Å². The SMILES string of the molecule is COC(=O)C(CC(C)(C)CC(C)(C)C)CC(C)(C)C(=O)OC. The van der Waals surface area contributed by atoms with Gasteiger partial charge in [-0.2, -0.15) is 0 Å². The fraction of sp³-hybridized carbons (Fsp3) is 0.889. The second-order valence-electron chi connectivity index (χ2n) is 8.91. The van der Waals surface area contributed by atoms with Gasteiger partial charge >= 0.3 is 11.9 Å². The molecular formula is C18H34O4. The first-order valence-electron chi connectivity index (χ1n) is 7.90. The van der Waals surface area contributed by atoms with Crippen molar-refractivity contribution in [3.05, 3.63) is 0 Å². The lowest BCUT2D eigenvalue weighted by atomic mass is 9.69. The van der Waals surface area contributed by atoms with Crippen LogP contribution in [0.2, 0.25) is 0 Å². The number of carbonyl (C=O) groups excluding carboxylic acids is 2. The minimum absolute atomic E-state index is 0.0106. The van der Waals surface area contributed by atoms with Crippen LogP contribution in [-0.4, -0.2) is 26.2 Å². The van der Waals surface area contributed by atoms with Gasteiger partial charge in [-0.1, -0.05) is 34.6 Å². The first-order valence-corrected chi connectivity index (χ1v) is 7.90. The molecule has 1 atom stereocenters. The van der Waals surface area contributed by atoms with Gasteiger partial charge in [-0.25, -0.2) is 0 Å². The highest BCUT2D eigenvalue weighted by atomic mass is 16.5. The zero-order chi connectivity index (χ0) is 17.8. The van der Waals surface area contributed by atoms with Crippen LogP contribution >= 0.6 is 0 Å². The molecule has 0 aromatic carbocycles. The first-order chi connectivity index (χ1) is 9.74. The summed E-state index contributed by atoms with van der Waals surface area (Å²) in [4.78, 5) is 24.1. The summed E-state index contributed by atoms with van der Waals surface area (Å²) in [6.07, 6.45) is 2.11. The molecule has 0 N–H and O–H groups in total. The predicted molar refractivity (Wildman–Crippen MR) is 88.4 cm³/mol. The normalized spacial score (nSPS) is 14.4. The van der Waals surface area contributed by atoms with E-state index >= 15 is 0 Å². The van der Waals surface area contributed by atoms with E-state index in [1.54, 1.807) is 0 Å². The van der Waals surface area contributed by atoms with Crippen LogP contribution in [0.3, 0.4) is 0 Å². The molecule has 0 aromatic rings. The number of esters is 2. The van der Waals surface area contributed by atoms with Crippen molar-refractivity contribution in [1.29, 1.82) is 0 Å². The highest BCUT2D eigenvalue weighted by Gasteiger charge is 2.38. The zero-order valence-electron chi connectivity index (χ0n) is 15.8. The van der Waals surface area contributed by atoms with Crippen molar-refractivity contribution in [2.45, 2.75) is 67.7 Å². The quantitative estimate of drug-likeness (QED) is 0.660. The maximum atomic E-state index is 12.2. The molecule has 0 saturated heterocycles. The highest BCUT2D eigenvalue weighted by Crippen LogP contribution is 2.41. The molecule has 0 aliphatic heterocycles. The van der Waals surface area contributed by atoms with Gasteiger partial charge in [0.2, 0.25) is 0 Å². The number of rotatable bonds is 7. The Morgan fingerprint density at radius 3 is 1.73 bits per heavy atom. The zero-order valence-corrected chi connectivity index (χ0v) is 15.8. The lowest BCUT2D eigenvalue weighted by Gasteiger charge is -2.36. The van der Waals surface area contributed by atoms with E-state index in [-0.39, 0.29) is 28.7 Å². The molecule has 22 heavy (non-hydrogen) atoms. The molecule has 0 aromatic heterocycles. The van der Waals surface area contributed by atoms with Crippen LogP contribution in [-0.2, 0) is 19.1 Å². The molecule has 0 bridgehead atoms. The van der Waals surface area contributed by atoms with Crippen molar-refractivity contribution in [2.24, 2.45) is 22.2 Å². The molecule has 0 aliphatic rings. The fourth-order valence-corrected chi connectivity index (χ4v) is 3.56. The van der Waals surface area contributed by atoms with E-state index in [0.29, 0.717) is 12.8 Å². The maximum Gasteiger partial charge on any atom is 0.311 e. The number of methoxy groups -OCH3 is 2. The summed E-state index contributed by atoms with van der Waals surface area (Å²) >= 11 is 0. The van der Waals surface area contributed by atoms with Crippen molar-refractivity contribution in [1.82, 2.24) is 0 Å². The van der Waals surface area contributed by atoms with Crippen LogP contribution in [0.25, 0.3) is 0 Å². The summed E-state index contributed by atoms with van der Waals surface area (Å²) in [5.41, 5.74) is -0.531. The molecule has 0 heterocycles. The smallest absolute Gasteiger partial charge is 0.311 e. The standard InChI is InChI=1S/C18H34O4/c1-16(2,3)12-17(4,5)10-13(14(19)21-8)11-18(6,7)15(20)22-9/h13H,10-12H2,1-9H3. The van der Waals surface area contributed by atoms with Crippen molar-refractivity contribution >= 4 is 11.9 Å². The molecule has 0 amide bonds. The highest BCUT2D eigenvalue weighted by molar-refractivity contribution is 5.78. The predicted octanol–water partition coefficient (Wildman–Crippen LogP) is 4.22. The largest absolute Gasteiger partial charge is 0.469 e. The molecule has 0 spiro atoms. The van der Waals surface area contributed by atoms with Crippen molar-refractivity contribution in [3.8, 4) is 0 Å². The van der Waals surface area contributed by atoms with Gasteiger partial charge in [-0.3, -0.25) is 9.59 Å². The van der Waals surface area contributed by atoms with Crippen LogP contribution in [0.15, 0.2) is 0 Å². The molecule has 0 saturated carbocycles. The molecule has 4 nitrogen and oxygen atoms in total. The average Bonchev–Trinajstić information content (AvgIpc) is 2.32. The second kappa shape index (κ2) is 7.47. The van der Waals surface area contributed by atoms with E-state index < -0.39 is 5.41 Å². The number of hydrogen-bond donors (Lipinski definition) is 0. The maximum absolute atomic E-state index is 12.2. The Kier molecular flexibility index (Phi) is 7.11. The fourth-order valence-electron chi connectivity index (χ4n) is 3.56. The van der Waals surface area contributed by atoms with Gasteiger partial charge in [0.25, 0.3) is 0 Å². The third-order valence-corrected chi connectivity index (χ3v) is 3.84. The first kappa shape index (κ1) is 20.9. The Hall–Kier alpha value is -1.06. The minimum atomic E-state index is -0.703. The van der Waals surface area contributed by atoms with E-state index in [0.717, 1.165) is 6.42 Å². The molecule has 4 heteroatoms. The lowest BCUT2D eigenvalue weighted by molar-refractivity contribution is -0.155. The molecule has 0 rings (SSSR count). The summed E-state index contributed by atoms with van der Waals surface area (Å²) in [7, 11) is 2.78. The van der Waals surface area contributed by atoms with Gasteiger partial charge in [0, 0.05) is 0 Å². The Morgan fingerprint density at radius 1 is 0.864 bits per heavy atom. The Bertz CT molecular complexity index is 388. The molecule has 130 valence electrons. The van der Waals surface area contributed by atoms with Gasteiger partial charge in [0.15, 0.2) is 0 Å². The molecule has 0 radical (unpaired) electrons. The average molecular weight is 314 g/mol. The summed E-state index contributed by atoms with van der Waals surface area (Å²) in [6.45, 7) is 14.5.